The third-order valence-electron chi connectivity index (χ3n) is 3.92. The monoisotopic (exact) mass is 295 g/mol. The zero-order valence-corrected chi connectivity index (χ0v) is 14.5. The fourth-order valence-corrected chi connectivity index (χ4v) is 2.70. The summed E-state index contributed by atoms with van der Waals surface area (Å²) in [5.74, 6) is 0. The standard InChI is InChI=1S/C17H33N3O/c1-6-9-12-21-13-11-20-15(5)17(14(4)19-20)16(8-3)18-10-7-2/h16,18H,6-13H2,1-5H3. The molecule has 0 aliphatic heterocycles. The van der Waals surface area contributed by atoms with E-state index in [0.29, 0.717) is 6.04 Å². The molecule has 0 aromatic carbocycles. The van der Waals surface area contributed by atoms with E-state index in [1.807, 2.05) is 0 Å². The Morgan fingerprint density at radius 1 is 1.14 bits per heavy atom. The second-order valence-electron chi connectivity index (χ2n) is 5.69. The minimum absolute atomic E-state index is 0.416. The van der Waals surface area contributed by atoms with Crippen LogP contribution in [0.1, 0.15) is 69.4 Å². The van der Waals surface area contributed by atoms with Gasteiger partial charge in [0.2, 0.25) is 0 Å². The SMILES string of the molecule is CCCCOCCn1nc(C)c(C(CC)NCCC)c1C. The number of hydrogen-bond acceptors (Lipinski definition) is 3. The van der Waals surface area contributed by atoms with Crippen molar-refractivity contribution in [2.75, 3.05) is 19.8 Å². The maximum Gasteiger partial charge on any atom is 0.0662 e. The van der Waals surface area contributed by atoms with Crippen LogP contribution in [-0.2, 0) is 11.3 Å². The molecule has 1 aromatic rings. The van der Waals surface area contributed by atoms with Crippen molar-refractivity contribution in [1.29, 1.82) is 0 Å². The first-order chi connectivity index (χ1) is 10.2. The molecular formula is C17H33N3O. The van der Waals surface area contributed by atoms with Crippen molar-refractivity contribution < 1.29 is 4.74 Å². The summed E-state index contributed by atoms with van der Waals surface area (Å²) in [6.45, 7) is 14.4. The second kappa shape index (κ2) is 9.96. The molecule has 1 N–H and O–H groups in total. The van der Waals surface area contributed by atoms with E-state index in [1.54, 1.807) is 0 Å². The summed E-state index contributed by atoms with van der Waals surface area (Å²) in [4.78, 5) is 0. The fourth-order valence-electron chi connectivity index (χ4n) is 2.70. The van der Waals surface area contributed by atoms with Gasteiger partial charge in [0.15, 0.2) is 0 Å². The average molecular weight is 295 g/mol. The third-order valence-corrected chi connectivity index (χ3v) is 3.92. The van der Waals surface area contributed by atoms with Crippen molar-refractivity contribution in [2.45, 2.75) is 72.9 Å². The van der Waals surface area contributed by atoms with Crippen molar-refractivity contribution in [3.05, 3.63) is 17.0 Å². The van der Waals surface area contributed by atoms with Gasteiger partial charge in [-0.1, -0.05) is 27.2 Å². The molecule has 1 rings (SSSR count). The summed E-state index contributed by atoms with van der Waals surface area (Å²) in [6, 6.07) is 0.416. The van der Waals surface area contributed by atoms with Crippen LogP contribution in [0.5, 0.6) is 0 Å². The number of aryl methyl sites for hydroxylation is 1. The average Bonchev–Trinajstić information content (AvgIpc) is 2.75. The first kappa shape index (κ1) is 18.2. The Hall–Kier alpha value is -0.870. The van der Waals surface area contributed by atoms with E-state index in [9.17, 15) is 0 Å². The van der Waals surface area contributed by atoms with E-state index >= 15 is 0 Å². The highest BCUT2D eigenvalue weighted by Gasteiger charge is 2.18. The van der Waals surface area contributed by atoms with Gasteiger partial charge in [-0.2, -0.15) is 5.10 Å². The van der Waals surface area contributed by atoms with Crippen molar-refractivity contribution in [1.82, 2.24) is 15.1 Å². The first-order valence-corrected chi connectivity index (χ1v) is 8.50. The Morgan fingerprint density at radius 3 is 2.52 bits per heavy atom. The molecule has 0 bridgehead atoms. The minimum atomic E-state index is 0.416. The van der Waals surface area contributed by atoms with Gasteiger partial charge in [0.25, 0.3) is 0 Å². The number of unbranched alkanes of at least 4 members (excludes halogenated alkanes) is 1. The lowest BCUT2D eigenvalue weighted by Gasteiger charge is -2.17. The fraction of sp³-hybridized carbons (Fsp3) is 0.824. The highest BCUT2D eigenvalue weighted by molar-refractivity contribution is 5.28. The summed E-state index contributed by atoms with van der Waals surface area (Å²) < 4.78 is 7.76. The van der Waals surface area contributed by atoms with Gasteiger partial charge in [0, 0.05) is 23.9 Å². The van der Waals surface area contributed by atoms with Gasteiger partial charge in [0.05, 0.1) is 18.8 Å². The second-order valence-corrected chi connectivity index (χ2v) is 5.69. The van der Waals surface area contributed by atoms with Crippen LogP contribution in [0.25, 0.3) is 0 Å². The molecular weight excluding hydrogens is 262 g/mol. The van der Waals surface area contributed by atoms with E-state index in [-0.39, 0.29) is 0 Å². The van der Waals surface area contributed by atoms with Gasteiger partial charge in [-0.3, -0.25) is 4.68 Å². The summed E-state index contributed by atoms with van der Waals surface area (Å²) in [5, 5.41) is 8.33. The van der Waals surface area contributed by atoms with Gasteiger partial charge in [-0.25, -0.2) is 0 Å². The summed E-state index contributed by atoms with van der Waals surface area (Å²) >= 11 is 0. The highest BCUT2D eigenvalue weighted by atomic mass is 16.5. The topological polar surface area (TPSA) is 39.1 Å². The van der Waals surface area contributed by atoms with Gasteiger partial charge < -0.3 is 10.1 Å². The third kappa shape index (κ3) is 5.44. The summed E-state index contributed by atoms with van der Waals surface area (Å²) in [5.41, 5.74) is 3.80. The number of hydrogen-bond donors (Lipinski definition) is 1. The molecule has 122 valence electrons. The van der Waals surface area contributed by atoms with E-state index in [4.69, 9.17) is 9.84 Å². The van der Waals surface area contributed by atoms with Crippen molar-refractivity contribution in [3.8, 4) is 0 Å². The lowest BCUT2D eigenvalue weighted by atomic mass is 10.0. The molecule has 21 heavy (non-hydrogen) atoms. The molecule has 0 saturated heterocycles. The predicted molar refractivity (Wildman–Crippen MR) is 88.8 cm³/mol. The Labute approximate surface area is 130 Å². The number of nitrogens with one attached hydrogen (secondary N) is 1. The molecule has 0 amide bonds. The Bertz CT molecular complexity index is 401. The molecule has 1 atom stereocenters. The zero-order chi connectivity index (χ0) is 15.7. The molecule has 0 radical (unpaired) electrons. The molecule has 1 heterocycles. The van der Waals surface area contributed by atoms with E-state index < -0.39 is 0 Å². The molecule has 4 nitrogen and oxygen atoms in total. The van der Waals surface area contributed by atoms with Crippen LogP contribution in [0.15, 0.2) is 0 Å². The highest BCUT2D eigenvalue weighted by Crippen LogP contribution is 2.24. The van der Waals surface area contributed by atoms with Gasteiger partial charge >= 0.3 is 0 Å². The van der Waals surface area contributed by atoms with Crippen molar-refractivity contribution >= 4 is 0 Å². The summed E-state index contributed by atoms with van der Waals surface area (Å²) in [7, 11) is 0. The first-order valence-electron chi connectivity index (χ1n) is 8.50. The molecule has 0 saturated carbocycles. The van der Waals surface area contributed by atoms with Gasteiger partial charge in [0.1, 0.15) is 0 Å². The van der Waals surface area contributed by atoms with E-state index in [1.165, 1.54) is 17.7 Å². The smallest absolute Gasteiger partial charge is 0.0662 e. The van der Waals surface area contributed by atoms with Crippen molar-refractivity contribution in [3.63, 3.8) is 0 Å². The van der Waals surface area contributed by atoms with Gasteiger partial charge in [-0.05, 0) is 39.7 Å². The molecule has 0 aliphatic carbocycles. The molecule has 0 aliphatic rings. The quantitative estimate of drug-likeness (QED) is 0.632. The van der Waals surface area contributed by atoms with Crippen LogP contribution in [0.4, 0.5) is 0 Å². The molecule has 0 spiro atoms. The lowest BCUT2D eigenvalue weighted by Crippen LogP contribution is -2.22. The number of rotatable bonds is 11. The lowest BCUT2D eigenvalue weighted by molar-refractivity contribution is 0.120. The molecule has 1 unspecified atom stereocenters. The number of nitrogens with zero attached hydrogens (tertiary/aromatic N) is 2. The maximum atomic E-state index is 5.66. The maximum absolute atomic E-state index is 5.66. The van der Waals surface area contributed by atoms with E-state index in [2.05, 4.69) is 44.6 Å². The van der Waals surface area contributed by atoms with Gasteiger partial charge in [-0.15, -0.1) is 0 Å². The Balaban J connectivity index is 2.65. The van der Waals surface area contributed by atoms with Crippen LogP contribution < -0.4 is 5.32 Å². The molecule has 1 aromatic heterocycles. The van der Waals surface area contributed by atoms with Crippen LogP contribution in [0, 0.1) is 13.8 Å². The van der Waals surface area contributed by atoms with Crippen LogP contribution in [0.3, 0.4) is 0 Å². The predicted octanol–water partition coefficient (Wildman–Crippen LogP) is 3.77. The number of ether oxygens (including phenoxy) is 1. The van der Waals surface area contributed by atoms with Crippen molar-refractivity contribution in [2.24, 2.45) is 0 Å². The largest absolute Gasteiger partial charge is 0.380 e. The summed E-state index contributed by atoms with van der Waals surface area (Å²) in [6.07, 6.45) is 4.58. The molecule has 0 fully saturated rings. The normalized spacial score (nSPS) is 12.8. The van der Waals surface area contributed by atoms with Crippen LogP contribution in [0.2, 0.25) is 0 Å². The van der Waals surface area contributed by atoms with Crippen LogP contribution in [-0.4, -0.2) is 29.5 Å². The Morgan fingerprint density at radius 2 is 1.90 bits per heavy atom. The number of aromatic nitrogens is 2. The zero-order valence-electron chi connectivity index (χ0n) is 14.5. The van der Waals surface area contributed by atoms with Crippen LogP contribution >= 0.6 is 0 Å². The Kier molecular flexibility index (Phi) is 8.62. The molecule has 4 heteroatoms. The minimum Gasteiger partial charge on any atom is -0.380 e. The van der Waals surface area contributed by atoms with E-state index in [0.717, 1.165) is 51.3 Å².